The molecule has 130 valence electrons. The van der Waals surface area contributed by atoms with E-state index in [4.69, 9.17) is 4.74 Å². The molecule has 5 nitrogen and oxygen atoms in total. The normalized spacial score (nSPS) is 17.5. The van der Waals surface area contributed by atoms with Gasteiger partial charge in [0.05, 0.1) is 10.4 Å². The quantitative estimate of drug-likeness (QED) is 0.724. The van der Waals surface area contributed by atoms with Gasteiger partial charge in [0, 0.05) is 17.6 Å². The molecule has 0 amide bonds. The molecule has 2 heterocycles. The highest BCUT2D eigenvalue weighted by molar-refractivity contribution is 7.90. The van der Waals surface area contributed by atoms with E-state index in [2.05, 4.69) is 4.90 Å². The summed E-state index contributed by atoms with van der Waals surface area (Å²) in [6.07, 6.45) is 2.50. The van der Waals surface area contributed by atoms with Gasteiger partial charge in [-0.3, -0.25) is 0 Å². The summed E-state index contributed by atoms with van der Waals surface area (Å²) in [6.45, 7) is 0.590. The van der Waals surface area contributed by atoms with Gasteiger partial charge >= 0.3 is 0 Å². The molecule has 1 atom stereocenters. The molecule has 0 fully saturated rings. The average molecular weight is 356 g/mol. The Morgan fingerprint density at radius 1 is 1.08 bits per heavy atom. The van der Waals surface area contributed by atoms with Crippen LogP contribution in [0.3, 0.4) is 0 Å². The maximum Gasteiger partial charge on any atom is 0.268 e. The number of ether oxygens (including phenoxy) is 1. The lowest BCUT2D eigenvalue weighted by molar-refractivity contribution is 0.190. The Balaban J connectivity index is 1.94. The van der Waals surface area contributed by atoms with Crippen LogP contribution in [-0.4, -0.2) is 44.0 Å². The summed E-state index contributed by atoms with van der Waals surface area (Å²) in [5.41, 5.74) is 1.66. The summed E-state index contributed by atoms with van der Waals surface area (Å²) < 4.78 is 33.6. The Morgan fingerprint density at radius 3 is 2.56 bits per heavy atom. The van der Waals surface area contributed by atoms with Crippen LogP contribution in [0.4, 0.5) is 0 Å². The van der Waals surface area contributed by atoms with Crippen LogP contribution in [0.2, 0.25) is 0 Å². The summed E-state index contributed by atoms with van der Waals surface area (Å²) in [7, 11) is 0.380. The molecule has 1 aliphatic heterocycles. The monoisotopic (exact) mass is 356 g/mol. The molecule has 1 aliphatic rings. The molecule has 0 saturated heterocycles. The number of rotatable bonds is 3. The van der Waals surface area contributed by atoms with Gasteiger partial charge < -0.3 is 9.64 Å². The zero-order chi connectivity index (χ0) is 17.6. The van der Waals surface area contributed by atoms with E-state index in [1.807, 2.05) is 38.4 Å². The molecule has 0 bridgehead atoms. The van der Waals surface area contributed by atoms with Crippen molar-refractivity contribution in [3.8, 4) is 5.75 Å². The first-order valence-electron chi connectivity index (χ1n) is 8.21. The van der Waals surface area contributed by atoms with Gasteiger partial charge in [0.25, 0.3) is 10.0 Å². The van der Waals surface area contributed by atoms with Gasteiger partial charge in [-0.15, -0.1) is 0 Å². The van der Waals surface area contributed by atoms with Crippen LogP contribution >= 0.6 is 0 Å². The van der Waals surface area contributed by atoms with Crippen molar-refractivity contribution in [1.29, 1.82) is 0 Å². The molecule has 25 heavy (non-hydrogen) atoms. The maximum absolute atomic E-state index is 13.1. The Morgan fingerprint density at radius 2 is 1.84 bits per heavy atom. The lowest BCUT2D eigenvalue weighted by Crippen LogP contribution is -2.34. The van der Waals surface area contributed by atoms with Gasteiger partial charge in [-0.2, -0.15) is 0 Å². The standard InChI is InChI=1S/C19H20N2O3S/c1-20(2)15-11-14-12-21(25(22,23)16-7-4-3-5-8-16)17-9-6-10-18(19(14)17)24-13-15/h3-10,12,15H,11,13H2,1-2H3. The molecule has 0 spiro atoms. The highest BCUT2D eigenvalue weighted by Crippen LogP contribution is 2.35. The molecule has 0 N–H and O–H groups in total. The zero-order valence-corrected chi connectivity index (χ0v) is 15.0. The second kappa shape index (κ2) is 5.89. The minimum atomic E-state index is -3.65. The molecule has 2 aromatic carbocycles. The van der Waals surface area contributed by atoms with E-state index in [1.165, 1.54) is 3.97 Å². The van der Waals surface area contributed by atoms with Crippen molar-refractivity contribution in [3.63, 3.8) is 0 Å². The Hall–Kier alpha value is -2.31. The van der Waals surface area contributed by atoms with Gasteiger partial charge in [-0.1, -0.05) is 24.3 Å². The maximum atomic E-state index is 13.1. The van der Waals surface area contributed by atoms with Crippen LogP contribution in [0, 0.1) is 0 Å². The van der Waals surface area contributed by atoms with Crippen molar-refractivity contribution in [1.82, 2.24) is 8.87 Å². The second-order valence-corrected chi connectivity index (χ2v) is 8.37. The van der Waals surface area contributed by atoms with Crippen LogP contribution in [0.5, 0.6) is 5.75 Å². The number of likely N-dealkylation sites (N-methyl/N-ethyl adjacent to an activating group) is 1. The van der Waals surface area contributed by atoms with E-state index >= 15 is 0 Å². The third kappa shape index (κ3) is 2.62. The summed E-state index contributed by atoms with van der Waals surface area (Å²) in [5.74, 6) is 0.749. The van der Waals surface area contributed by atoms with Gasteiger partial charge in [0.1, 0.15) is 12.4 Å². The van der Waals surface area contributed by atoms with Gasteiger partial charge in [-0.05, 0) is 50.3 Å². The number of aromatic nitrogens is 1. The predicted octanol–water partition coefficient (Wildman–Crippen LogP) is 2.74. The van der Waals surface area contributed by atoms with Crippen molar-refractivity contribution in [2.24, 2.45) is 0 Å². The van der Waals surface area contributed by atoms with Crippen LogP contribution in [0.15, 0.2) is 59.6 Å². The second-order valence-electron chi connectivity index (χ2n) is 6.55. The first kappa shape index (κ1) is 16.2. The van der Waals surface area contributed by atoms with Crippen molar-refractivity contribution in [3.05, 3.63) is 60.3 Å². The number of nitrogens with zero attached hydrogens (tertiary/aromatic N) is 2. The molecule has 1 aromatic heterocycles. The van der Waals surface area contributed by atoms with Crippen LogP contribution in [-0.2, 0) is 16.4 Å². The number of hydrogen-bond donors (Lipinski definition) is 0. The van der Waals surface area contributed by atoms with E-state index < -0.39 is 10.0 Å². The molecule has 1 unspecified atom stereocenters. The van der Waals surface area contributed by atoms with E-state index in [0.29, 0.717) is 12.1 Å². The summed E-state index contributed by atoms with van der Waals surface area (Å²) in [4.78, 5) is 2.40. The third-order valence-corrected chi connectivity index (χ3v) is 6.44. The van der Waals surface area contributed by atoms with E-state index in [0.717, 1.165) is 23.1 Å². The first-order chi connectivity index (χ1) is 12.0. The minimum Gasteiger partial charge on any atom is -0.491 e. The zero-order valence-electron chi connectivity index (χ0n) is 14.2. The Labute approximate surface area is 147 Å². The van der Waals surface area contributed by atoms with E-state index in [1.54, 1.807) is 30.5 Å². The summed E-state index contributed by atoms with van der Waals surface area (Å²) >= 11 is 0. The van der Waals surface area contributed by atoms with Crippen molar-refractivity contribution in [2.75, 3.05) is 20.7 Å². The van der Waals surface area contributed by atoms with Crippen molar-refractivity contribution >= 4 is 20.9 Å². The van der Waals surface area contributed by atoms with Crippen molar-refractivity contribution < 1.29 is 13.2 Å². The fourth-order valence-electron chi connectivity index (χ4n) is 3.31. The number of hydrogen-bond acceptors (Lipinski definition) is 4. The molecule has 0 saturated carbocycles. The average Bonchev–Trinajstić information content (AvgIpc) is 2.87. The fraction of sp³-hybridized carbons (Fsp3) is 0.263. The van der Waals surface area contributed by atoms with Crippen molar-refractivity contribution in [2.45, 2.75) is 17.4 Å². The van der Waals surface area contributed by atoms with E-state index in [9.17, 15) is 8.42 Å². The third-order valence-electron chi connectivity index (χ3n) is 4.75. The van der Waals surface area contributed by atoms with E-state index in [-0.39, 0.29) is 10.9 Å². The molecule has 0 radical (unpaired) electrons. The van der Waals surface area contributed by atoms with Crippen LogP contribution in [0.1, 0.15) is 5.56 Å². The van der Waals surface area contributed by atoms with Gasteiger partial charge in [0.2, 0.25) is 0 Å². The first-order valence-corrected chi connectivity index (χ1v) is 9.65. The lowest BCUT2D eigenvalue weighted by atomic mass is 10.1. The van der Waals surface area contributed by atoms with Gasteiger partial charge in [-0.25, -0.2) is 12.4 Å². The molecular formula is C19H20N2O3S. The smallest absolute Gasteiger partial charge is 0.268 e. The van der Waals surface area contributed by atoms with Gasteiger partial charge in [0.15, 0.2) is 0 Å². The summed E-state index contributed by atoms with van der Waals surface area (Å²) in [5, 5.41) is 0.895. The SMILES string of the molecule is CN(C)C1COc2cccc3c2c(cn3S(=O)(=O)c2ccccc2)C1. The number of benzene rings is 2. The predicted molar refractivity (Wildman–Crippen MR) is 97.6 cm³/mol. The fourth-order valence-corrected chi connectivity index (χ4v) is 4.72. The Kier molecular flexibility index (Phi) is 3.81. The molecule has 4 rings (SSSR count). The highest BCUT2D eigenvalue weighted by Gasteiger charge is 2.27. The summed E-state index contributed by atoms with van der Waals surface area (Å²) in [6, 6.07) is 14.3. The highest BCUT2D eigenvalue weighted by atomic mass is 32.2. The topological polar surface area (TPSA) is 51.5 Å². The molecule has 0 aliphatic carbocycles. The molecule has 3 aromatic rings. The largest absolute Gasteiger partial charge is 0.491 e. The van der Waals surface area contributed by atoms with Crippen LogP contribution < -0.4 is 4.74 Å². The van der Waals surface area contributed by atoms with Crippen LogP contribution in [0.25, 0.3) is 10.9 Å². The molecule has 6 heteroatoms. The lowest BCUT2D eigenvalue weighted by Gasteiger charge is -2.22. The Bertz CT molecular complexity index is 1020. The molecular weight excluding hydrogens is 336 g/mol. The minimum absolute atomic E-state index is 0.200.